The molecule has 1 aromatic carbocycles. The minimum atomic E-state index is -0.910. The van der Waals surface area contributed by atoms with E-state index in [9.17, 15) is 14.4 Å². The first-order chi connectivity index (χ1) is 11.0. The quantitative estimate of drug-likeness (QED) is 0.854. The van der Waals surface area contributed by atoms with Gasteiger partial charge in [-0.15, -0.1) is 0 Å². The molecular weight excluding hydrogens is 298 g/mol. The maximum atomic E-state index is 12.4. The molecule has 2 aliphatic heterocycles. The largest absolute Gasteiger partial charge is 0.465 e. The fourth-order valence-corrected chi connectivity index (χ4v) is 3.35. The van der Waals surface area contributed by atoms with Crippen LogP contribution in [0.25, 0.3) is 0 Å². The van der Waals surface area contributed by atoms with Crippen LogP contribution in [0.15, 0.2) is 18.2 Å². The summed E-state index contributed by atoms with van der Waals surface area (Å²) in [5.74, 6) is -0.156. The number of carbonyl (C=O) groups excluding carboxylic acids is 2. The molecule has 3 rings (SSSR count). The number of rotatable bonds is 2. The molecule has 3 amide bonds. The minimum absolute atomic E-state index is 0.0165. The third kappa shape index (κ3) is 2.74. The van der Waals surface area contributed by atoms with Crippen molar-refractivity contribution < 1.29 is 19.5 Å². The highest BCUT2D eigenvalue weighted by Crippen LogP contribution is 2.34. The zero-order valence-corrected chi connectivity index (χ0v) is 12.9. The second-order valence-electron chi connectivity index (χ2n) is 5.86. The van der Waals surface area contributed by atoms with Crippen LogP contribution in [-0.4, -0.2) is 54.1 Å². The molecule has 23 heavy (non-hydrogen) atoms. The maximum Gasteiger partial charge on any atom is 0.407 e. The number of likely N-dealkylation sites (tertiary alicyclic amines) is 1. The van der Waals surface area contributed by atoms with Crippen LogP contribution < -0.4 is 10.2 Å². The van der Waals surface area contributed by atoms with Crippen molar-refractivity contribution in [3.05, 3.63) is 29.3 Å². The lowest BCUT2D eigenvalue weighted by Crippen LogP contribution is -2.47. The predicted molar refractivity (Wildman–Crippen MR) is 83.6 cm³/mol. The molecule has 0 bridgehead atoms. The monoisotopic (exact) mass is 317 g/mol. The number of carbonyl (C=O) groups is 3. The molecule has 1 aromatic rings. The first kappa shape index (κ1) is 15.3. The van der Waals surface area contributed by atoms with Crippen molar-refractivity contribution in [1.82, 2.24) is 10.2 Å². The summed E-state index contributed by atoms with van der Waals surface area (Å²) in [5, 5.41) is 11.6. The summed E-state index contributed by atoms with van der Waals surface area (Å²) >= 11 is 0. The molecule has 0 radical (unpaired) electrons. The topological polar surface area (TPSA) is 90.0 Å². The van der Waals surface area contributed by atoms with Gasteiger partial charge in [-0.1, -0.05) is 0 Å². The van der Waals surface area contributed by atoms with Crippen molar-refractivity contribution in [1.29, 1.82) is 0 Å². The van der Waals surface area contributed by atoms with Crippen LogP contribution in [0.2, 0.25) is 0 Å². The lowest BCUT2D eigenvalue weighted by Gasteiger charge is -2.35. The molecule has 7 nitrogen and oxygen atoms in total. The standard InChI is InChI=1S/C16H19N3O4/c1-17-15(21)10-2-3-13-11(8-10)9-14(20)19(13)12-4-6-18(7-5-12)16(22)23/h2-3,8,12H,4-7,9H2,1H3,(H,17,21)(H,22,23). The number of nitrogens with one attached hydrogen (secondary N) is 1. The smallest absolute Gasteiger partial charge is 0.407 e. The van der Waals surface area contributed by atoms with E-state index in [2.05, 4.69) is 5.32 Å². The lowest BCUT2D eigenvalue weighted by atomic mass is 10.0. The van der Waals surface area contributed by atoms with Gasteiger partial charge < -0.3 is 20.2 Å². The number of fused-ring (bicyclic) bond motifs is 1. The molecule has 0 unspecified atom stereocenters. The van der Waals surface area contributed by atoms with Crippen molar-refractivity contribution in [2.45, 2.75) is 25.3 Å². The molecular formula is C16H19N3O4. The van der Waals surface area contributed by atoms with Crippen molar-refractivity contribution in [2.24, 2.45) is 0 Å². The minimum Gasteiger partial charge on any atom is -0.465 e. The highest BCUT2D eigenvalue weighted by molar-refractivity contribution is 6.03. The third-order valence-corrected chi connectivity index (χ3v) is 4.54. The molecule has 7 heteroatoms. The molecule has 2 N–H and O–H groups in total. The van der Waals surface area contributed by atoms with Crippen LogP contribution in [-0.2, 0) is 11.2 Å². The van der Waals surface area contributed by atoms with Crippen LogP contribution in [0.3, 0.4) is 0 Å². The van der Waals surface area contributed by atoms with E-state index in [0.29, 0.717) is 37.9 Å². The Hall–Kier alpha value is -2.57. The van der Waals surface area contributed by atoms with E-state index in [1.165, 1.54) is 4.90 Å². The Bertz CT molecular complexity index is 665. The van der Waals surface area contributed by atoms with Gasteiger partial charge in [0, 0.05) is 37.4 Å². The molecule has 0 saturated carbocycles. The SMILES string of the molecule is CNC(=O)c1ccc2c(c1)CC(=O)N2C1CCN(C(=O)O)CC1. The van der Waals surface area contributed by atoms with E-state index >= 15 is 0 Å². The summed E-state index contributed by atoms with van der Waals surface area (Å²) in [4.78, 5) is 38.2. The average molecular weight is 317 g/mol. The Balaban J connectivity index is 1.80. The average Bonchev–Trinajstić information content (AvgIpc) is 2.89. The van der Waals surface area contributed by atoms with Gasteiger partial charge in [-0.2, -0.15) is 0 Å². The fourth-order valence-electron chi connectivity index (χ4n) is 3.35. The van der Waals surface area contributed by atoms with Gasteiger partial charge in [0.25, 0.3) is 5.91 Å². The number of benzene rings is 1. The Labute approximate surface area is 133 Å². The number of amides is 3. The van der Waals surface area contributed by atoms with E-state index in [1.807, 2.05) is 6.07 Å². The molecule has 0 aliphatic carbocycles. The Kier molecular flexibility index (Phi) is 3.94. The highest BCUT2D eigenvalue weighted by Gasteiger charge is 2.35. The molecule has 122 valence electrons. The zero-order valence-electron chi connectivity index (χ0n) is 12.9. The number of hydrogen-bond donors (Lipinski definition) is 2. The van der Waals surface area contributed by atoms with Gasteiger partial charge in [-0.25, -0.2) is 4.79 Å². The molecule has 0 aromatic heterocycles. The molecule has 2 aliphatic rings. The van der Waals surface area contributed by atoms with Crippen molar-refractivity contribution >= 4 is 23.6 Å². The summed E-state index contributed by atoms with van der Waals surface area (Å²) in [7, 11) is 1.57. The zero-order chi connectivity index (χ0) is 16.6. The number of hydrogen-bond acceptors (Lipinski definition) is 3. The number of carboxylic acid groups (broad SMARTS) is 1. The van der Waals surface area contributed by atoms with E-state index < -0.39 is 6.09 Å². The Morgan fingerprint density at radius 1 is 1.26 bits per heavy atom. The van der Waals surface area contributed by atoms with E-state index in [4.69, 9.17) is 5.11 Å². The Morgan fingerprint density at radius 3 is 2.57 bits per heavy atom. The van der Waals surface area contributed by atoms with Crippen LogP contribution in [0.1, 0.15) is 28.8 Å². The van der Waals surface area contributed by atoms with Gasteiger partial charge in [0.1, 0.15) is 0 Å². The maximum absolute atomic E-state index is 12.4. The van der Waals surface area contributed by atoms with Gasteiger partial charge >= 0.3 is 6.09 Å². The summed E-state index contributed by atoms with van der Waals surface area (Å²) in [6.45, 7) is 0.880. The lowest BCUT2D eigenvalue weighted by molar-refractivity contribution is -0.118. The van der Waals surface area contributed by atoms with Crippen LogP contribution in [0.5, 0.6) is 0 Å². The molecule has 2 heterocycles. The summed E-state index contributed by atoms with van der Waals surface area (Å²) in [6.07, 6.45) is 0.648. The van der Waals surface area contributed by atoms with Gasteiger partial charge in [-0.05, 0) is 36.6 Å². The van der Waals surface area contributed by atoms with Crippen LogP contribution in [0, 0.1) is 0 Å². The van der Waals surface area contributed by atoms with Crippen LogP contribution >= 0.6 is 0 Å². The van der Waals surface area contributed by atoms with Gasteiger partial charge in [0.2, 0.25) is 5.91 Å². The van der Waals surface area contributed by atoms with Crippen molar-refractivity contribution in [3.63, 3.8) is 0 Å². The van der Waals surface area contributed by atoms with Crippen molar-refractivity contribution in [2.75, 3.05) is 25.0 Å². The summed E-state index contributed by atoms with van der Waals surface area (Å²) in [6, 6.07) is 5.31. The van der Waals surface area contributed by atoms with Gasteiger partial charge in [0.05, 0.1) is 6.42 Å². The second-order valence-corrected chi connectivity index (χ2v) is 5.86. The Morgan fingerprint density at radius 2 is 1.96 bits per heavy atom. The molecule has 1 fully saturated rings. The fraction of sp³-hybridized carbons (Fsp3) is 0.438. The normalized spacial score (nSPS) is 18.0. The number of nitrogens with zero attached hydrogens (tertiary/aromatic N) is 2. The van der Waals surface area contributed by atoms with Crippen LogP contribution in [0.4, 0.5) is 10.5 Å². The van der Waals surface area contributed by atoms with Crippen molar-refractivity contribution in [3.8, 4) is 0 Å². The number of piperidine rings is 1. The van der Waals surface area contributed by atoms with E-state index in [-0.39, 0.29) is 17.9 Å². The van der Waals surface area contributed by atoms with Gasteiger partial charge in [0.15, 0.2) is 0 Å². The predicted octanol–water partition coefficient (Wildman–Crippen LogP) is 1.08. The highest BCUT2D eigenvalue weighted by atomic mass is 16.4. The number of anilines is 1. The third-order valence-electron chi connectivity index (χ3n) is 4.54. The molecule has 0 spiro atoms. The summed E-state index contributed by atoms with van der Waals surface area (Å²) < 4.78 is 0. The second kappa shape index (κ2) is 5.91. The first-order valence-electron chi connectivity index (χ1n) is 7.66. The van der Waals surface area contributed by atoms with Gasteiger partial charge in [-0.3, -0.25) is 9.59 Å². The summed E-state index contributed by atoms with van der Waals surface area (Å²) in [5.41, 5.74) is 2.25. The van der Waals surface area contributed by atoms with E-state index in [1.54, 1.807) is 24.1 Å². The first-order valence-corrected chi connectivity index (χ1v) is 7.66. The van der Waals surface area contributed by atoms with E-state index in [0.717, 1.165) is 11.3 Å². The molecule has 1 saturated heterocycles. The molecule has 0 atom stereocenters.